The molecule has 0 aromatic heterocycles. The minimum absolute atomic E-state index is 0.0319. The summed E-state index contributed by atoms with van der Waals surface area (Å²) in [5.41, 5.74) is 3.90. The summed E-state index contributed by atoms with van der Waals surface area (Å²) >= 11 is 0. The van der Waals surface area contributed by atoms with Gasteiger partial charge < -0.3 is 25.6 Å². The second-order valence-corrected chi connectivity index (χ2v) is 7.98. The Balaban J connectivity index is 1.27. The number of carbonyl (C=O) groups is 3. The summed E-state index contributed by atoms with van der Waals surface area (Å²) in [6.45, 7) is 2.50. The number of hydrogen-bond acceptors (Lipinski definition) is 4. The fourth-order valence-electron chi connectivity index (χ4n) is 3.68. The van der Waals surface area contributed by atoms with Crippen molar-refractivity contribution in [2.24, 2.45) is 0 Å². The number of nitrogens with one attached hydrogen (secondary N) is 3. The number of ether oxygens (including phenoxy) is 1. The van der Waals surface area contributed by atoms with Crippen LogP contribution in [0.5, 0.6) is 5.75 Å². The zero-order valence-electron chi connectivity index (χ0n) is 18.8. The maximum Gasteiger partial charge on any atom is 0.323 e. The van der Waals surface area contributed by atoms with Crippen LogP contribution in [0.15, 0.2) is 72.8 Å². The van der Waals surface area contributed by atoms with Crippen LogP contribution in [0.1, 0.15) is 17.5 Å². The van der Waals surface area contributed by atoms with Gasteiger partial charge >= 0.3 is 6.03 Å². The van der Waals surface area contributed by atoms with Crippen LogP contribution in [0.4, 0.5) is 21.9 Å². The molecular formula is C26H26N4O4. The van der Waals surface area contributed by atoms with Crippen molar-refractivity contribution in [3.05, 3.63) is 83.9 Å². The lowest BCUT2D eigenvalue weighted by Gasteiger charge is -2.29. The summed E-state index contributed by atoms with van der Waals surface area (Å²) in [6.07, 6.45) is 0.164. The molecule has 0 saturated heterocycles. The molecule has 0 fully saturated rings. The van der Waals surface area contributed by atoms with E-state index in [0.717, 1.165) is 11.1 Å². The maximum absolute atomic E-state index is 12.4. The van der Waals surface area contributed by atoms with Crippen LogP contribution in [0.3, 0.4) is 0 Å². The van der Waals surface area contributed by atoms with Gasteiger partial charge in [-0.25, -0.2) is 4.79 Å². The average molecular weight is 459 g/mol. The first-order valence-corrected chi connectivity index (χ1v) is 11.0. The molecule has 1 heterocycles. The first-order valence-electron chi connectivity index (χ1n) is 11.0. The van der Waals surface area contributed by atoms with Crippen LogP contribution in [-0.4, -0.2) is 31.0 Å². The van der Waals surface area contributed by atoms with Crippen molar-refractivity contribution in [1.29, 1.82) is 0 Å². The second kappa shape index (κ2) is 10.5. The Labute approximate surface area is 197 Å². The van der Waals surface area contributed by atoms with Crippen LogP contribution in [0.2, 0.25) is 0 Å². The van der Waals surface area contributed by atoms with Crippen molar-refractivity contribution in [2.75, 3.05) is 28.7 Å². The number of aryl methyl sites for hydroxylation is 1. The van der Waals surface area contributed by atoms with E-state index in [9.17, 15) is 14.4 Å². The fraction of sp³-hybridized carbons (Fsp3) is 0.192. The number of benzene rings is 3. The third-order valence-corrected chi connectivity index (χ3v) is 5.32. The van der Waals surface area contributed by atoms with Gasteiger partial charge in [0, 0.05) is 30.9 Å². The van der Waals surface area contributed by atoms with Gasteiger partial charge in [0.05, 0.1) is 5.69 Å². The summed E-state index contributed by atoms with van der Waals surface area (Å²) in [4.78, 5) is 38.5. The smallest absolute Gasteiger partial charge is 0.323 e. The summed E-state index contributed by atoms with van der Waals surface area (Å²) in [5, 5.41) is 8.47. The van der Waals surface area contributed by atoms with Crippen molar-refractivity contribution >= 4 is 34.9 Å². The van der Waals surface area contributed by atoms with Crippen LogP contribution in [0.25, 0.3) is 0 Å². The van der Waals surface area contributed by atoms with Gasteiger partial charge in [-0.05, 0) is 54.4 Å². The number of rotatable bonds is 7. The lowest BCUT2D eigenvalue weighted by molar-refractivity contribution is -0.122. The van der Waals surface area contributed by atoms with Gasteiger partial charge in [-0.2, -0.15) is 0 Å². The molecule has 0 atom stereocenters. The highest BCUT2D eigenvalue weighted by Gasteiger charge is 2.25. The third kappa shape index (κ3) is 5.92. The zero-order chi connectivity index (χ0) is 23.9. The molecule has 3 aromatic rings. The minimum Gasteiger partial charge on any atom is -0.482 e. The Kier molecular flexibility index (Phi) is 7.07. The van der Waals surface area contributed by atoms with Crippen molar-refractivity contribution in [3.63, 3.8) is 0 Å². The predicted molar refractivity (Wildman–Crippen MR) is 131 cm³/mol. The molecule has 4 rings (SSSR count). The van der Waals surface area contributed by atoms with Crippen LogP contribution < -0.4 is 25.6 Å². The molecule has 0 saturated carbocycles. The SMILES string of the molecule is Cc1cccc(NC(=O)Nc2cccc(CNC(=O)CCN3C(=O)COc4ccccc43)c2)c1. The number of hydrogen-bond donors (Lipinski definition) is 3. The van der Waals surface area contributed by atoms with Crippen molar-refractivity contribution in [2.45, 2.75) is 19.9 Å². The molecule has 3 aromatic carbocycles. The summed E-state index contributed by atoms with van der Waals surface area (Å²) in [6, 6.07) is 21.7. The van der Waals surface area contributed by atoms with Gasteiger partial charge in [0.25, 0.3) is 5.91 Å². The highest BCUT2D eigenvalue weighted by molar-refractivity contribution is 6.00. The van der Waals surface area contributed by atoms with E-state index in [2.05, 4.69) is 16.0 Å². The molecule has 0 radical (unpaired) electrons. The van der Waals surface area contributed by atoms with E-state index in [0.29, 0.717) is 29.4 Å². The fourth-order valence-corrected chi connectivity index (χ4v) is 3.68. The molecule has 0 aliphatic carbocycles. The van der Waals surface area contributed by atoms with Crippen LogP contribution in [0, 0.1) is 6.92 Å². The Morgan fingerprint density at radius 2 is 1.68 bits per heavy atom. The topological polar surface area (TPSA) is 99.8 Å². The Bertz CT molecular complexity index is 1210. The molecule has 8 heteroatoms. The molecule has 0 unspecified atom stereocenters. The monoisotopic (exact) mass is 458 g/mol. The highest BCUT2D eigenvalue weighted by atomic mass is 16.5. The summed E-state index contributed by atoms with van der Waals surface area (Å²) < 4.78 is 5.43. The maximum atomic E-state index is 12.4. The quantitative estimate of drug-likeness (QED) is 0.497. The number of para-hydroxylation sites is 2. The van der Waals surface area contributed by atoms with E-state index in [1.54, 1.807) is 29.2 Å². The number of urea groups is 1. The number of nitrogens with zero attached hydrogens (tertiary/aromatic N) is 1. The molecule has 4 amide bonds. The normalized spacial score (nSPS) is 12.4. The number of fused-ring (bicyclic) bond motifs is 1. The lowest BCUT2D eigenvalue weighted by Crippen LogP contribution is -2.41. The largest absolute Gasteiger partial charge is 0.482 e. The molecule has 3 N–H and O–H groups in total. The number of amides is 4. The van der Waals surface area contributed by atoms with E-state index in [1.807, 2.05) is 55.5 Å². The summed E-state index contributed by atoms with van der Waals surface area (Å²) in [7, 11) is 0. The van der Waals surface area contributed by atoms with Gasteiger partial charge in [-0.1, -0.05) is 36.4 Å². The highest BCUT2D eigenvalue weighted by Crippen LogP contribution is 2.31. The van der Waals surface area contributed by atoms with Crippen molar-refractivity contribution in [3.8, 4) is 5.75 Å². The van der Waals surface area contributed by atoms with Crippen LogP contribution >= 0.6 is 0 Å². The van der Waals surface area contributed by atoms with Gasteiger partial charge in [-0.15, -0.1) is 0 Å². The van der Waals surface area contributed by atoms with Gasteiger partial charge in [-0.3, -0.25) is 9.59 Å². The first kappa shape index (κ1) is 22.8. The molecule has 1 aliphatic heterocycles. The lowest BCUT2D eigenvalue weighted by atomic mass is 10.2. The van der Waals surface area contributed by atoms with Crippen molar-refractivity contribution in [1.82, 2.24) is 5.32 Å². The molecule has 0 bridgehead atoms. The zero-order valence-corrected chi connectivity index (χ0v) is 18.8. The minimum atomic E-state index is -0.345. The Hall–Kier alpha value is -4.33. The molecular weight excluding hydrogens is 432 g/mol. The van der Waals surface area contributed by atoms with Crippen LogP contribution in [-0.2, 0) is 16.1 Å². The standard InChI is InChI=1S/C26H26N4O4/c1-18-6-4-8-20(14-18)28-26(33)29-21-9-5-7-19(15-21)16-27-24(31)12-13-30-22-10-2-3-11-23(22)34-17-25(30)32/h2-11,14-15H,12-13,16-17H2,1H3,(H,27,31)(H2,28,29,33). The molecule has 8 nitrogen and oxygen atoms in total. The first-order chi connectivity index (χ1) is 16.5. The predicted octanol–water partition coefficient (Wildman–Crippen LogP) is 4.07. The second-order valence-electron chi connectivity index (χ2n) is 7.98. The van der Waals surface area contributed by atoms with E-state index < -0.39 is 0 Å². The molecule has 34 heavy (non-hydrogen) atoms. The number of carbonyl (C=O) groups excluding carboxylic acids is 3. The third-order valence-electron chi connectivity index (χ3n) is 5.32. The molecule has 0 spiro atoms. The molecule has 1 aliphatic rings. The summed E-state index contributed by atoms with van der Waals surface area (Å²) in [5.74, 6) is 0.291. The molecule has 174 valence electrons. The van der Waals surface area contributed by atoms with E-state index >= 15 is 0 Å². The van der Waals surface area contributed by atoms with Gasteiger partial charge in [0.2, 0.25) is 5.91 Å². The van der Waals surface area contributed by atoms with E-state index in [-0.39, 0.29) is 37.4 Å². The van der Waals surface area contributed by atoms with E-state index in [4.69, 9.17) is 4.74 Å². The Morgan fingerprint density at radius 1 is 0.941 bits per heavy atom. The van der Waals surface area contributed by atoms with Crippen molar-refractivity contribution < 1.29 is 19.1 Å². The average Bonchev–Trinajstić information content (AvgIpc) is 2.82. The Morgan fingerprint density at radius 3 is 2.47 bits per heavy atom. The van der Waals surface area contributed by atoms with E-state index in [1.165, 1.54) is 0 Å². The van der Waals surface area contributed by atoms with Gasteiger partial charge in [0.15, 0.2) is 6.61 Å². The number of anilines is 3. The van der Waals surface area contributed by atoms with Gasteiger partial charge in [0.1, 0.15) is 5.75 Å².